The zero-order valence-electron chi connectivity index (χ0n) is 18.3. The van der Waals surface area contributed by atoms with Crippen molar-refractivity contribution in [1.82, 2.24) is 10.4 Å². The molecule has 0 fully saturated rings. The maximum Gasteiger partial charge on any atom is 0.290 e. The molecule has 6 nitrogen and oxygen atoms in total. The smallest absolute Gasteiger partial charge is 0.266 e. The minimum atomic E-state index is -0.444. The van der Waals surface area contributed by atoms with Crippen LogP contribution >= 0.6 is 22.9 Å². The van der Waals surface area contributed by atoms with Crippen LogP contribution in [0, 0.1) is 5.82 Å². The lowest BCUT2D eigenvalue weighted by Crippen LogP contribution is -2.20. The average molecular weight is 504 g/mol. The Morgan fingerprint density at radius 2 is 1.83 bits per heavy atom. The van der Waals surface area contributed by atoms with Crippen molar-refractivity contribution in [2.45, 2.75) is 12.5 Å². The third-order valence-electron chi connectivity index (χ3n) is 5.44. The highest BCUT2D eigenvalue weighted by molar-refractivity contribution is 7.14. The van der Waals surface area contributed by atoms with Gasteiger partial charge in [-0.3, -0.25) is 4.79 Å². The number of aromatic nitrogens is 1. The molecular formula is C26H19ClFN5OS. The zero-order chi connectivity index (χ0) is 24.2. The van der Waals surface area contributed by atoms with Crippen LogP contribution in [-0.4, -0.2) is 22.8 Å². The number of carbonyl (C=O) groups excluding carboxylic acids is 1. The molecule has 1 aliphatic rings. The van der Waals surface area contributed by atoms with E-state index in [4.69, 9.17) is 16.7 Å². The molecule has 1 aliphatic heterocycles. The molecule has 1 N–H and O–H groups in total. The van der Waals surface area contributed by atoms with Gasteiger partial charge in [0, 0.05) is 16.8 Å². The molecule has 4 aromatic rings. The van der Waals surface area contributed by atoms with Crippen LogP contribution in [0.1, 0.15) is 39.6 Å². The van der Waals surface area contributed by atoms with Gasteiger partial charge >= 0.3 is 0 Å². The van der Waals surface area contributed by atoms with E-state index in [9.17, 15) is 9.18 Å². The topological polar surface area (TPSA) is 70.0 Å². The fourth-order valence-electron chi connectivity index (χ4n) is 3.68. The van der Waals surface area contributed by atoms with Gasteiger partial charge in [-0.25, -0.2) is 19.8 Å². The van der Waals surface area contributed by atoms with Crippen LogP contribution in [-0.2, 0) is 0 Å². The van der Waals surface area contributed by atoms with Crippen molar-refractivity contribution >= 4 is 45.9 Å². The molecule has 2 heterocycles. The van der Waals surface area contributed by atoms with Gasteiger partial charge in [0.25, 0.3) is 5.91 Å². The molecule has 0 spiro atoms. The number of amides is 1. The van der Waals surface area contributed by atoms with Crippen molar-refractivity contribution in [3.63, 3.8) is 0 Å². The maximum atomic E-state index is 13.0. The summed E-state index contributed by atoms with van der Waals surface area (Å²) in [7, 11) is 0. The van der Waals surface area contributed by atoms with Crippen LogP contribution < -0.4 is 10.4 Å². The Labute approximate surface area is 210 Å². The van der Waals surface area contributed by atoms with Gasteiger partial charge in [0.15, 0.2) is 0 Å². The molecule has 1 aromatic heterocycles. The first-order chi connectivity index (χ1) is 17.1. The Bertz CT molecular complexity index is 1390. The Morgan fingerprint density at radius 1 is 1.09 bits per heavy atom. The van der Waals surface area contributed by atoms with E-state index in [1.807, 2.05) is 59.6 Å². The van der Waals surface area contributed by atoms with Gasteiger partial charge in [-0.1, -0.05) is 66.2 Å². The van der Waals surface area contributed by atoms with E-state index in [1.165, 1.54) is 29.7 Å². The molecule has 0 saturated heterocycles. The van der Waals surface area contributed by atoms with E-state index in [0.717, 1.165) is 16.8 Å². The highest BCUT2D eigenvalue weighted by Gasteiger charge is 2.32. The third-order valence-corrected chi connectivity index (χ3v) is 6.52. The zero-order valence-corrected chi connectivity index (χ0v) is 19.9. The largest absolute Gasteiger partial charge is 0.290 e. The summed E-state index contributed by atoms with van der Waals surface area (Å²) < 4.78 is 13.0. The lowest BCUT2D eigenvalue weighted by atomic mass is 9.99. The van der Waals surface area contributed by atoms with Crippen molar-refractivity contribution < 1.29 is 9.18 Å². The second-order valence-corrected chi connectivity index (χ2v) is 9.07. The minimum Gasteiger partial charge on any atom is -0.266 e. The lowest BCUT2D eigenvalue weighted by Gasteiger charge is -2.21. The molecule has 0 saturated carbocycles. The van der Waals surface area contributed by atoms with E-state index in [2.05, 4.69) is 15.5 Å². The summed E-state index contributed by atoms with van der Waals surface area (Å²) in [5.74, 6) is -0.779. The lowest BCUT2D eigenvalue weighted by molar-refractivity contribution is 0.0951. The number of rotatable bonds is 6. The second-order valence-electron chi connectivity index (χ2n) is 7.79. The average Bonchev–Trinajstić information content (AvgIpc) is 3.54. The summed E-state index contributed by atoms with van der Waals surface area (Å²) >= 11 is 7.43. The van der Waals surface area contributed by atoms with E-state index < -0.39 is 5.91 Å². The molecule has 1 unspecified atom stereocenters. The second kappa shape index (κ2) is 10.2. The number of nitrogens with zero attached hydrogens (tertiary/aromatic N) is 4. The Morgan fingerprint density at radius 3 is 2.57 bits per heavy atom. The molecule has 0 radical (unpaired) electrons. The first kappa shape index (κ1) is 22.9. The fraction of sp³-hybridized carbons (Fsp3) is 0.0769. The molecule has 1 atom stereocenters. The Balaban J connectivity index is 1.37. The summed E-state index contributed by atoms with van der Waals surface area (Å²) in [4.78, 5) is 17.1. The molecule has 1 amide bonds. The molecule has 9 heteroatoms. The molecule has 35 heavy (non-hydrogen) atoms. The first-order valence-corrected chi connectivity index (χ1v) is 12.0. The molecular weight excluding hydrogens is 485 g/mol. The van der Waals surface area contributed by atoms with Gasteiger partial charge in [-0.2, -0.15) is 10.2 Å². The summed E-state index contributed by atoms with van der Waals surface area (Å²) in [6, 6.07) is 23.4. The van der Waals surface area contributed by atoms with Gasteiger partial charge in [0.1, 0.15) is 11.5 Å². The monoisotopic (exact) mass is 503 g/mol. The van der Waals surface area contributed by atoms with Crippen LogP contribution in [0.4, 0.5) is 9.52 Å². The highest BCUT2D eigenvalue weighted by Crippen LogP contribution is 2.38. The third kappa shape index (κ3) is 5.29. The van der Waals surface area contributed by atoms with E-state index in [1.54, 1.807) is 17.5 Å². The number of halogens is 2. The number of carbonyl (C=O) groups is 1. The van der Waals surface area contributed by atoms with Crippen molar-refractivity contribution in [1.29, 1.82) is 0 Å². The molecule has 0 bridgehead atoms. The first-order valence-electron chi connectivity index (χ1n) is 10.8. The number of anilines is 1. The van der Waals surface area contributed by atoms with Crippen molar-refractivity contribution in [2.24, 2.45) is 10.2 Å². The molecule has 5 rings (SSSR count). The van der Waals surface area contributed by atoms with Gasteiger partial charge in [-0.05, 0) is 41.0 Å². The summed E-state index contributed by atoms with van der Waals surface area (Å²) in [6.07, 6.45) is 2.13. The van der Waals surface area contributed by atoms with Crippen LogP contribution in [0.3, 0.4) is 0 Å². The van der Waals surface area contributed by atoms with Gasteiger partial charge in [0.05, 0.1) is 18.0 Å². The number of nitrogens with one attached hydrogen (secondary N) is 1. The van der Waals surface area contributed by atoms with Crippen molar-refractivity contribution in [2.75, 3.05) is 5.01 Å². The number of thiazole rings is 1. The van der Waals surface area contributed by atoms with Crippen LogP contribution in [0.2, 0.25) is 5.02 Å². The van der Waals surface area contributed by atoms with E-state index in [0.29, 0.717) is 22.1 Å². The molecule has 0 aliphatic carbocycles. The molecule has 174 valence electrons. The van der Waals surface area contributed by atoms with Crippen LogP contribution in [0.5, 0.6) is 0 Å². The quantitative estimate of drug-likeness (QED) is 0.257. The standard InChI is InChI=1S/C26H19ClFN5OS/c27-20-10-8-19(9-11-20)24-14-22(18-4-2-1-3-5-18)32-33(24)26-30-23(16-35-26)25(34)31-29-15-17-6-12-21(28)13-7-17/h1-13,15-16,24H,14H2,(H,31,34). The summed E-state index contributed by atoms with van der Waals surface area (Å²) in [6.45, 7) is 0. The summed E-state index contributed by atoms with van der Waals surface area (Å²) in [5, 5.41) is 13.6. The number of hydrogen-bond donors (Lipinski definition) is 1. The normalized spacial score (nSPS) is 15.4. The van der Waals surface area contributed by atoms with Crippen LogP contribution in [0.15, 0.2) is 94.4 Å². The van der Waals surface area contributed by atoms with Gasteiger partial charge < -0.3 is 0 Å². The van der Waals surface area contributed by atoms with E-state index >= 15 is 0 Å². The highest BCUT2D eigenvalue weighted by atomic mass is 35.5. The SMILES string of the molecule is O=C(NN=Cc1ccc(F)cc1)c1csc(N2N=C(c3ccccc3)CC2c2ccc(Cl)cc2)n1. The molecule has 3 aromatic carbocycles. The Kier molecular flexibility index (Phi) is 6.65. The van der Waals surface area contributed by atoms with Crippen molar-refractivity contribution in [3.05, 3.63) is 117 Å². The van der Waals surface area contributed by atoms with E-state index in [-0.39, 0.29) is 17.6 Å². The minimum absolute atomic E-state index is 0.0824. The maximum absolute atomic E-state index is 13.0. The predicted molar refractivity (Wildman–Crippen MR) is 138 cm³/mol. The van der Waals surface area contributed by atoms with Crippen LogP contribution in [0.25, 0.3) is 0 Å². The fourth-order valence-corrected chi connectivity index (χ4v) is 4.61. The Hall–Kier alpha value is -3.88. The number of hydrogen-bond acceptors (Lipinski definition) is 6. The predicted octanol–water partition coefficient (Wildman–Crippen LogP) is 6.06. The van der Waals surface area contributed by atoms with Gasteiger partial charge in [-0.15, -0.1) is 11.3 Å². The van der Waals surface area contributed by atoms with Crippen molar-refractivity contribution in [3.8, 4) is 0 Å². The summed E-state index contributed by atoms with van der Waals surface area (Å²) in [5.41, 5.74) is 6.39. The van der Waals surface area contributed by atoms with Gasteiger partial charge in [0.2, 0.25) is 5.13 Å². The number of hydrazone groups is 2. The number of benzene rings is 3.